The molecule has 0 fully saturated rings. The Morgan fingerprint density at radius 2 is 2.21 bits per heavy atom. The van der Waals surface area contributed by atoms with Crippen molar-refractivity contribution in [3.05, 3.63) is 22.1 Å². The fourth-order valence-corrected chi connectivity index (χ4v) is 3.87. The molecule has 0 bridgehead atoms. The van der Waals surface area contributed by atoms with E-state index in [0.29, 0.717) is 4.88 Å². The van der Waals surface area contributed by atoms with E-state index in [1.54, 1.807) is 6.92 Å². The van der Waals surface area contributed by atoms with Crippen LogP contribution in [0.4, 0.5) is 5.95 Å². The lowest BCUT2D eigenvalue weighted by molar-refractivity contribution is 0.0702. The summed E-state index contributed by atoms with van der Waals surface area (Å²) in [5.74, 6) is -1.10. The summed E-state index contributed by atoms with van der Waals surface area (Å²) in [6.45, 7) is 1.54. The van der Waals surface area contributed by atoms with Gasteiger partial charge in [0.05, 0.1) is 0 Å². The smallest absolute Gasteiger partial charge is 0.345 e. The highest BCUT2D eigenvalue weighted by Gasteiger charge is 2.23. The molecule has 0 saturated heterocycles. The van der Waals surface area contributed by atoms with Gasteiger partial charge in [0.15, 0.2) is 0 Å². The van der Waals surface area contributed by atoms with Crippen LogP contribution in [0.3, 0.4) is 0 Å². The summed E-state index contributed by atoms with van der Waals surface area (Å²) < 4.78 is 27.8. The van der Waals surface area contributed by atoms with Crippen molar-refractivity contribution in [3.8, 4) is 0 Å². The molecule has 0 aromatic carbocycles. The lowest BCUT2D eigenvalue weighted by atomic mass is 10.4. The Balaban J connectivity index is 2.40. The Morgan fingerprint density at radius 3 is 2.68 bits per heavy atom. The van der Waals surface area contributed by atoms with E-state index in [1.165, 1.54) is 18.1 Å². The maximum atomic E-state index is 12.1. The fourth-order valence-electron chi connectivity index (χ4n) is 1.40. The summed E-state index contributed by atoms with van der Waals surface area (Å²) in [7, 11) is -2.34. The van der Waals surface area contributed by atoms with Crippen molar-refractivity contribution in [3.63, 3.8) is 0 Å². The predicted octanol–water partition coefficient (Wildman–Crippen LogP) is 0.684. The van der Waals surface area contributed by atoms with Crippen LogP contribution in [0.15, 0.2) is 17.3 Å². The van der Waals surface area contributed by atoms with Crippen LogP contribution in [0, 0.1) is 6.92 Å². The Bertz CT molecular complexity index is 731. The molecule has 10 heteroatoms. The van der Waals surface area contributed by atoms with Crippen LogP contribution in [0.25, 0.3) is 0 Å². The minimum atomic E-state index is -3.88. The second-order valence-corrected chi connectivity index (χ2v) is 6.56. The van der Waals surface area contributed by atoms with E-state index in [2.05, 4.69) is 14.8 Å². The zero-order valence-electron chi connectivity index (χ0n) is 9.98. The van der Waals surface area contributed by atoms with Crippen LogP contribution in [-0.2, 0) is 17.1 Å². The number of nitrogens with one attached hydrogen (secondary N) is 1. The number of rotatable bonds is 4. The molecule has 8 nitrogen and oxygen atoms in total. The van der Waals surface area contributed by atoms with Crippen molar-refractivity contribution >= 4 is 33.3 Å². The van der Waals surface area contributed by atoms with Gasteiger partial charge >= 0.3 is 5.97 Å². The number of sulfonamides is 1. The molecule has 2 aromatic rings. The van der Waals surface area contributed by atoms with Crippen LogP contribution < -0.4 is 4.72 Å². The molecule has 0 spiro atoms. The Labute approximate surface area is 112 Å². The van der Waals surface area contributed by atoms with Gasteiger partial charge in [0.25, 0.3) is 10.0 Å². The van der Waals surface area contributed by atoms with Gasteiger partial charge in [-0.15, -0.1) is 11.3 Å². The topological polar surface area (TPSA) is 114 Å². The van der Waals surface area contributed by atoms with Gasteiger partial charge in [-0.2, -0.15) is 10.1 Å². The van der Waals surface area contributed by atoms with Crippen molar-refractivity contribution in [2.45, 2.75) is 11.8 Å². The van der Waals surface area contributed by atoms with Crippen molar-refractivity contribution in [1.82, 2.24) is 14.8 Å². The van der Waals surface area contributed by atoms with Gasteiger partial charge in [-0.05, 0) is 13.0 Å². The molecule has 0 radical (unpaired) electrons. The van der Waals surface area contributed by atoms with Crippen molar-refractivity contribution in [2.24, 2.45) is 7.05 Å². The van der Waals surface area contributed by atoms with E-state index in [9.17, 15) is 13.2 Å². The molecule has 19 heavy (non-hydrogen) atoms. The first-order valence-corrected chi connectivity index (χ1v) is 7.32. The second kappa shape index (κ2) is 4.63. The number of hydrogen-bond acceptors (Lipinski definition) is 6. The molecular weight excluding hydrogens is 292 g/mol. The van der Waals surface area contributed by atoms with E-state index in [-0.39, 0.29) is 15.7 Å². The number of anilines is 1. The highest BCUT2D eigenvalue weighted by molar-refractivity contribution is 7.93. The third-order valence-corrected chi connectivity index (χ3v) is 4.93. The SMILES string of the molecule is Cc1sc(C(=O)O)cc1S(=O)(=O)Nc1ncnn1C. The van der Waals surface area contributed by atoms with Crippen LogP contribution >= 0.6 is 11.3 Å². The average Bonchev–Trinajstić information content (AvgIpc) is 2.86. The maximum Gasteiger partial charge on any atom is 0.345 e. The summed E-state index contributed by atoms with van der Waals surface area (Å²) in [4.78, 5) is 14.9. The van der Waals surface area contributed by atoms with Gasteiger partial charge in [0, 0.05) is 11.9 Å². The standard InChI is InChI=1S/C9H10N4O4S2/c1-5-7(3-6(18-5)8(14)15)19(16,17)12-9-10-4-11-13(9)2/h3-4H,1-2H3,(H,14,15)(H,10,11,12). The third kappa shape index (κ3) is 2.58. The summed E-state index contributed by atoms with van der Waals surface area (Å²) in [6, 6.07) is 1.13. The minimum absolute atomic E-state index is 0.0316. The van der Waals surface area contributed by atoms with Gasteiger partial charge in [-0.1, -0.05) is 0 Å². The number of thiophene rings is 1. The molecule has 102 valence electrons. The molecule has 0 atom stereocenters. The molecule has 0 aliphatic rings. The van der Waals surface area contributed by atoms with E-state index < -0.39 is 16.0 Å². The molecule has 2 heterocycles. The van der Waals surface area contributed by atoms with E-state index in [0.717, 1.165) is 17.4 Å². The number of carbonyl (C=O) groups is 1. The molecule has 0 unspecified atom stereocenters. The highest BCUT2D eigenvalue weighted by Crippen LogP contribution is 2.26. The van der Waals surface area contributed by atoms with E-state index in [1.807, 2.05) is 0 Å². The number of hydrogen-bond donors (Lipinski definition) is 2. The number of aryl methyl sites for hydroxylation is 2. The number of nitrogens with zero attached hydrogens (tertiary/aromatic N) is 3. The average molecular weight is 302 g/mol. The lowest BCUT2D eigenvalue weighted by Gasteiger charge is -2.05. The molecule has 2 aromatic heterocycles. The van der Waals surface area contributed by atoms with Crippen molar-refractivity contribution in [2.75, 3.05) is 4.72 Å². The largest absolute Gasteiger partial charge is 0.477 e. The fraction of sp³-hybridized carbons (Fsp3) is 0.222. The normalized spacial score (nSPS) is 11.5. The molecule has 2 N–H and O–H groups in total. The molecule has 0 amide bonds. The zero-order chi connectivity index (χ0) is 14.2. The number of carboxylic acid groups (broad SMARTS) is 1. The number of aromatic carboxylic acids is 1. The second-order valence-electron chi connectivity index (χ2n) is 3.65. The highest BCUT2D eigenvalue weighted by atomic mass is 32.2. The Kier molecular flexibility index (Phi) is 3.28. The van der Waals surface area contributed by atoms with Crippen LogP contribution in [0.1, 0.15) is 14.5 Å². The first kappa shape index (κ1) is 13.5. The first-order valence-electron chi connectivity index (χ1n) is 5.02. The number of carboxylic acids is 1. The molecule has 2 rings (SSSR count). The molecule has 0 aliphatic heterocycles. The van der Waals surface area contributed by atoms with Crippen molar-refractivity contribution in [1.29, 1.82) is 0 Å². The van der Waals surface area contributed by atoms with Crippen LogP contribution in [-0.4, -0.2) is 34.3 Å². The summed E-state index contributed by atoms with van der Waals surface area (Å²) in [5.41, 5.74) is 0. The summed E-state index contributed by atoms with van der Waals surface area (Å²) >= 11 is 0.905. The Morgan fingerprint density at radius 1 is 1.53 bits per heavy atom. The van der Waals surface area contributed by atoms with Crippen molar-refractivity contribution < 1.29 is 18.3 Å². The minimum Gasteiger partial charge on any atom is -0.477 e. The van der Waals surface area contributed by atoms with E-state index in [4.69, 9.17) is 5.11 Å². The van der Waals surface area contributed by atoms with Gasteiger partial charge < -0.3 is 5.11 Å². The monoisotopic (exact) mass is 302 g/mol. The number of aromatic nitrogens is 3. The summed E-state index contributed by atoms with van der Waals surface area (Å²) in [5, 5.41) is 12.6. The maximum absolute atomic E-state index is 12.1. The van der Waals surface area contributed by atoms with Gasteiger partial charge in [0.1, 0.15) is 16.1 Å². The van der Waals surface area contributed by atoms with Crippen LogP contribution in [0.2, 0.25) is 0 Å². The molecular formula is C9H10N4O4S2. The summed E-state index contributed by atoms with van der Waals surface area (Å²) in [6.07, 6.45) is 1.21. The Hall–Kier alpha value is -1.94. The molecule has 0 aliphatic carbocycles. The van der Waals surface area contributed by atoms with Crippen LogP contribution in [0.5, 0.6) is 0 Å². The van der Waals surface area contributed by atoms with E-state index >= 15 is 0 Å². The molecule has 0 saturated carbocycles. The lowest BCUT2D eigenvalue weighted by Crippen LogP contribution is -2.16. The third-order valence-electron chi connectivity index (χ3n) is 2.31. The quantitative estimate of drug-likeness (QED) is 0.858. The van der Waals surface area contributed by atoms with Gasteiger partial charge in [-0.3, -0.25) is 0 Å². The zero-order valence-corrected chi connectivity index (χ0v) is 11.6. The van der Waals surface area contributed by atoms with Gasteiger partial charge in [-0.25, -0.2) is 22.6 Å². The van der Waals surface area contributed by atoms with Gasteiger partial charge in [0.2, 0.25) is 5.95 Å². The first-order chi connectivity index (χ1) is 8.81. The predicted molar refractivity (Wildman–Crippen MR) is 67.8 cm³/mol.